The first-order valence-corrected chi connectivity index (χ1v) is 7.71. The fourth-order valence-electron chi connectivity index (χ4n) is 2.41. The molecular formula is C16H20ClNO4. The van der Waals surface area contributed by atoms with Crippen LogP contribution in [0.25, 0.3) is 0 Å². The molecule has 0 bridgehead atoms. The SMILES string of the molecule is COC(=O)CCN(CC1CCCO1)C(=O)c1ccc(Cl)cc1. The van der Waals surface area contributed by atoms with Gasteiger partial charge in [-0.05, 0) is 37.1 Å². The zero-order chi connectivity index (χ0) is 15.9. The monoisotopic (exact) mass is 325 g/mol. The summed E-state index contributed by atoms with van der Waals surface area (Å²) in [6, 6.07) is 6.73. The normalized spacial score (nSPS) is 17.3. The standard InChI is InChI=1S/C16H20ClNO4/c1-21-15(19)8-9-18(11-14-3-2-10-22-14)16(20)12-4-6-13(17)7-5-12/h4-7,14H,2-3,8-11H2,1H3. The molecule has 2 rings (SSSR count). The smallest absolute Gasteiger partial charge is 0.307 e. The lowest BCUT2D eigenvalue weighted by molar-refractivity contribution is -0.140. The Bertz CT molecular complexity index is 511. The largest absolute Gasteiger partial charge is 0.469 e. The van der Waals surface area contributed by atoms with Crippen molar-refractivity contribution in [2.45, 2.75) is 25.4 Å². The third-order valence-electron chi connectivity index (χ3n) is 3.64. The minimum Gasteiger partial charge on any atom is -0.469 e. The summed E-state index contributed by atoms with van der Waals surface area (Å²) in [6.07, 6.45) is 2.14. The highest BCUT2D eigenvalue weighted by Gasteiger charge is 2.24. The van der Waals surface area contributed by atoms with Crippen molar-refractivity contribution in [1.82, 2.24) is 4.90 Å². The summed E-state index contributed by atoms with van der Waals surface area (Å²) in [5.41, 5.74) is 0.548. The maximum absolute atomic E-state index is 12.6. The van der Waals surface area contributed by atoms with Crippen molar-refractivity contribution >= 4 is 23.5 Å². The van der Waals surface area contributed by atoms with Crippen molar-refractivity contribution in [3.8, 4) is 0 Å². The molecule has 1 aromatic carbocycles. The highest BCUT2D eigenvalue weighted by molar-refractivity contribution is 6.30. The second kappa shape index (κ2) is 8.15. The number of carbonyl (C=O) groups is 2. The molecule has 0 spiro atoms. The Hall–Kier alpha value is -1.59. The number of methoxy groups -OCH3 is 1. The number of hydrogen-bond donors (Lipinski definition) is 0. The Labute approximate surface area is 135 Å². The Balaban J connectivity index is 2.05. The molecule has 22 heavy (non-hydrogen) atoms. The summed E-state index contributed by atoms with van der Waals surface area (Å²) in [4.78, 5) is 25.6. The van der Waals surface area contributed by atoms with Gasteiger partial charge in [0.05, 0.1) is 19.6 Å². The lowest BCUT2D eigenvalue weighted by Gasteiger charge is -2.25. The molecule has 1 aliphatic heterocycles. The molecule has 1 unspecified atom stereocenters. The second-order valence-corrected chi connectivity index (χ2v) is 5.66. The zero-order valence-electron chi connectivity index (χ0n) is 12.6. The van der Waals surface area contributed by atoms with Crippen LogP contribution in [-0.4, -0.2) is 49.7 Å². The molecule has 1 amide bonds. The van der Waals surface area contributed by atoms with Crippen molar-refractivity contribution in [3.63, 3.8) is 0 Å². The number of benzene rings is 1. The van der Waals surface area contributed by atoms with Crippen LogP contribution in [0.2, 0.25) is 5.02 Å². The molecule has 120 valence electrons. The van der Waals surface area contributed by atoms with E-state index >= 15 is 0 Å². The van der Waals surface area contributed by atoms with E-state index in [1.807, 2.05) is 0 Å². The van der Waals surface area contributed by atoms with E-state index < -0.39 is 0 Å². The molecule has 0 aromatic heterocycles. The molecule has 6 heteroatoms. The fourth-order valence-corrected chi connectivity index (χ4v) is 2.54. The number of halogens is 1. The van der Waals surface area contributed by atoms with E-state index in [9.17, 15) is 9.59 Å². The van der Waals surface area contributed by atoms with Crippen molar-refractivity contribution in [3.05, 3.63) is 34.9 Å². The topological polar surface area (TPSA) is 55.8 Å². The maximum atomic E-state index is 12.6. The maximum Gasteiger partial charge on any atom is 0.307 e. The van der Waals surface area contributed by atoms with Crippen molar-refractivity contribution in [1.29, 1.82) is 0 Å². The summed E-state index contributed by atoms with van der Waals surface area (Å²) in [6.45, 7) is 1.52. The van der Waals surface area contributed by atoms with Crippen LogP contribution in [0.15, 0.2) is 24.3 Å². The Morgan fingerprint density at radius 1 is 1.36 bits per heavy atom. The average Bonchev–Trinajstić information content (AvgIpc) is 3.04. The van der Waals surface area contributed by atoms with Gasteiger partial charge in [-0.25, -0.2) is 0 Å². The third kappa shape index (κ3) is 4.71. The van der Waals surface area contributed by atoms with Crippen LogP contribution in [0.3, 0.4) is 0 Å². The van der Waals surface area contributed by atoms with Gasteiger partial charge < -0.3 is 14.4 Å². The Morgan fingerprint density at radius 3 is 2.68 bits per heavy atom. The first-order valence-electron chi connectivity index (χ1n) is 7.33. The minimum absolute atomic E-state index is 0.0360. The number of hydrogen-bond acceptors (Lipinski definition) is 4. The van der Waals surface area contributed by atoms with Gasteiger partial charge in [0, 0.05) is 30.3 Å². The van der Waals surface area contributed by atoms with Crippen LogP contribution >= 0.6 is 11.6 Å². The molecule has 0 N–H and O–H groups in total. The lowest BCUT2D eigenvalue weighted by Crippen LogP contribution is -2.38. The molecule has 0 aliphatic carbocycles. The zero-order valence-corrected chi connectivity index (χ0v) is 13.3. The van der Waals surface area contributed by atoms with Gasteiger partial charge in [0.25, 0.3) is 5.91 Å². The van der Waals surface area contributed by atoms with Gasteiger partial charge in [0.15, 0.2) is 0 Å². The van der Waals surface area contributed by atoms with Gasteiger partial charge in [-0.15, -0.1) is 0 Å². The van der Waals surface area contributed by atoms with Gasteiger partial charge in [-0.3, -0.25) is 9.59 Å². The van der Waals surface area contributed by atoms with Crippen LogP contribution in [0.5, 0.6) is 0 Å². The lowest BCUT2D eigenvalue weighted by atomic mass is 10.1. The molecule has 5 nitrogen and oxygen atoms in total. The van der Waals surface area contributed by atoms with Gasteiger partial charge in [0.1, 0.15) is 0 Å². The summed E-state index contributed by atoms with van der Waals surface area (Å²) in [5, 5.41) is 0.580. The molecule has 1 aromatic rings. The molecule has 1 fully saturated rings. The van der Waals surface area contributed by atoms with Crippen LogP contribution in [-0.2, 0) is 14.3 Å². The van der Waals surface area contributed by atoms with Gasteiger partial charge in [-0.2, -0.15) is 0 Å². The molecule has 1 saturated heterocycles. The van der Waals surface area contributed by atoms with Crippen LogP contribution in [0.4, 0.5) is 0 Å². The molecule has 1 heterocycles. The summed E-state index contributed by atoms with van der Waals surface area (Å²) >= 11 is 5.85. The molecule has 1 atom stereocenters. The quantitative estimate of drug-likeness (QED) is 0.754. The average molecular weight is 326 g/mol. The first-order chi connectivity index (χ1) is 10.6. The number of ether oxygens (including phenoxy) is 2. The van der Waals surface area contributed by atoms with E-state index in [1.165, 1.54) is 7.11 Å². The predicted octanol–water partition coefficient (Wildman–Crippen LogP) is 2.52. The highest BCUT2D eigenvalue weighted by atomic mass is 35.5. The number of rotatable bonds is 6. The van der Waals surface area contributed by atoms with E-state index in [-0.39, 0.29) is 24.4 Å². The molecule has 0 radical (unpaired) electrons. The summed E-state index contributed by atoms with van der Waals surface area (Å²) in [5.74, 6) is -0.461. The van der Waals surface area contributed by atoms with Crippen molar-refractivity contribution in [2.24, 2.45) is 0 Å². The van der Waals surface area contributed by atoms with E-state index in [0.717, 1.165) is 19.4 Å². The number of amides is 1. The summed E-state index contributed by atoms with van der Waals surface area (Å²) < 4.78 is 10.2. The van der Waals surface area contributed by atoms with Gasteiger partial charge in [-0.1, -0.05) is 11.6 Å². The predicted molar refractivity (Wildman–Crippen MR) is 83.0 cm³/mol. The number of esters is 1. The second-order valence-electron chi connectivity index (χ2n) is 5.22. The van der Waals surface area contributed by atoms with E-state index in [0.29, 0.717) is 23.7 Å². The Morgan fingerprint density at radius 2 is 2.09 bits per heavy atom. The van der Waals surface area contributed by atoms with E-state index in [2.05, 4.69) is 4.74 Å². The first kappa shape index (κ1) is 16.8. The summed E-state index contributed by atoms with van der Waals surface area (Å²) in [7, 11) is 1.34. The van der Waals surface area contributed by atoms with Crippen LogP contribution in [0.1, 0.15) is 29.6 Å². The molecular weight excluding hydrogens is 306 g/mol. The van der Waals surface area contributed by atoms with Crippen LogP contribution in [0, 0.1) is 0 Å². The van der Waals surface area contributed by atoms with E-state index in [1.54, 1.807) is 29.2 Å². The minimum atomic E-state index is -0.332. The molecule has 0 saturated carbocycles. The Kier molecular flexibility index (Phi) is 6.21. The van der Waals surface area contributed by atoms with E-state index in [4.69, 9.17) is 16.3 Å². The molecule has 1 aliphatic rings. The fraction of sp³-hybridized carbons (Fsp3) is 0.500. The van der Waals surface area contributed by atoms with Crippen molar-refractivity contribution in [2.75, 3.05) is 26.8 Å². The third-order valence-corrected chi connectivity index (χ3v) is 3.89. The number of carbonyl (C=O) groups excluding carboxylic acids is 2. The van der Waals surface area contributed by atoms with Crippen molar-refractivity contribution < 1.29 is 19.1 Å². The van der Waals surface area contributed by atoms with Crippen LogP contribution < -0.4 is 0 Å². The number of nitrogens with zero attached hydrogens (tertiary/aromatic N) is 1. The van der Waals surface area contributed by atoms with Gasteiger partial charge in [0.2, 0.25) is 0 Å². The highest BCUT2D eigenvalue weighted by Crippen LogP contribution is 2.17. The van der Waals surface area contributed by atoms with Gasteiger partial charge >= 0.3 is 5.97 Å².